The van der Waals surface area contributed by atoms with Crippen LogP contribution in [-0.2, 0) is 16.6 Å². The summed E-state index contributed by atoms with van der Waals surface area (Å²) in [6.45, 7) is 0.404. The first-order chi connectivity index (χ1) is 11.2. The molecule has 1 aromatic heterocycles. The van der Waals surface area contributed by atoms with Gasteiger partial charge in [-0.3, -0.25) is 9.00 Å². The third-order valence-corrected chi connectivity index (χ3v) is 4.92. The van der Waals surface area contributed by atoms with E-state index in [9.17, 15) is 9.00 Å². The molecule has 0 aliphatic heterocycles. The van der Waals surface area contributed by atoms with E-state index in [1.807, 2.05) is 54.7 Å². The first-order valence-electron chi connectivity index (χ1n) is 7.46. The molecule has 2 N–H and O–H groups in total. The molecule has 0 radical (unpaired) electrons. The lowest BCUT2D eigenvalue weighted by molar-refractivity contribution is 0.0956. The summed E-state index contributed by atoms with van der Waals surface area (Å²) in [5, 5.41) is 3.90. The van der Waals surface area contributed by atoms with Gasteiger partial charge in [0.15, 0.2) is 0 Å². The number of amides is 1. The highest BCUT2D eigenvalue weighted by Crippen LogP contribution is 2.14. The molecule has 118 valence electrons. The van der Waals surface area contributed by atoms with Crippen LogP contribution in [0.2, 0.25) is 0 Å². The Bertz CT molecular complexity index is 827. The average Bonchev–Trinajstić information content (AvgIpc) is 3.03. The van der Waals surface area contributed by atoms with E-state index in [0.717, 1.165) is 16.5 Å². The Morgan fingerprint density at radius 2 is 1.91 bits per heavy atom. The van der Waals surface area contributed by atoms with Gasteiger partial charge in [0.2, 0.25) is 0 Å². The minimum absolute atomic E-state index is 0.141. The molecule has 3 aromatic rings. The van der Waals surface area contributed by atoms with Gasteiger partial charge in [-0.1, -0.05) is 36.4 Å². The molecule has 5 heteroatoms. The number of carbonyl (C=O) groups excluding carboxylic acids is 1. The zero-order valence-corrected chi connectivity index (χ0v) is 13.4. The molecule has 0 fully saturated rings. The first kappa shape index (κ1) is 15.5. The predicted molar refractivity (Wildman–Crippen MR) is 93.8 cm³/mol. The Morgan fingerprint density at radius 3 is 2.74 bits per heavy atom. The second-order valence-corrected chi connectivity index (χ2v) is 6.89. The Labute approximate surface area is 137 Å². The molecule has 0 aliphatic rings. The van der Waals surface area contributed by atoms with Crippen molar-refractivity contribution in [2.45, 2.75) is 5.75 Å². The van der Waals surface area contributed by atoms with E-state index in [4.69, 9.17) is 0 Å². The highest BCUT2D eigenvalue weighted by molar-refractivity contribution is 7.84. The summed E-state index contributed by atoms with van der Waals surface area (Å²) in [5.41, 5.74) is 2.59. The van der Waals surface area contributed by atoms with Crippen molar-refractivity contribution >= 4 is 27.6 Å². The summed E-state index contributed by atoms with van der Waals surface area (Å²) in [6.07, 6.45) is 1.85. The van der Waals surface area contributed by atoms with Crippen molar-refractivity contribution in [2.24, 2.45) is 0 Å². The molecule has 0 saturated heterocycles. The zero-order chi connectivity index (χ0) is 16.1. The second-order valence-electron chi connectivity index (χ2n) is 5.31. The molecule has 0 unspecified atom stereocenters. The number of H-pyrrole nitrogens is 1. The number of fused-ring (bicyclic) bond motifs is 1. The van der Waals surface area contributed by atoms with Gasteiger partial charge >= 0.3 is 0 Å². The highest BCUT2D eigenvalue weighted by atomic mass is 32.2. The fourth-order valence-corrected chi connectivity index (χ4v) is 3.44. The van der Waals surface area contributed by atoms with Gasteiger partial charge in [-0.2, -0.15) is 0 Å². The quantitative estimate of drug-likeness (QED) is 0.732. The number of nitrogens with one attached hydrogen (secondary N) is 2. The number of rotatable bonds is 6. The van der Waals surface area contributed by atoms with E-state index < -0.39 is 10.8 Å². The number of carbonyl (C=O) groups is 1. The molecule has 3 rings (SSSR count). The van der Waals surface area contributed by atoms with Crippen LogP contribution in [0.15, 0.2) is 60.8 Å². The van der Waals surface area contributed by atoms with Gasteiger partial charge in [0, 0.05) is 46.1 Å². The fraction of sp³-hybridized carbons (Fsp3) is 0.167. The summed E-state index contributed by atoms with van der Waals surface area (Å²) in [7, 11) is -0.981. The minimum Gasteiger partial charge on any atom is -0.361 e. The summed E-state index contributed by atoms with van der Waals surface area (Å²) >= 11 is 0. The van der Waals surface area contributed by atoms with E-state index in [0.29, 0.717) is 23.6 Å². The Hall–Kier alpha value is -2.40. The normalized spacial score (nSPS) is 12.2. The summed E-state index contributed by atoms with van der Waals surface area (Å²) < 4.78 is 12.0. The minimum atomic E-state index is -0.981. The van der Waals surface area contributed by atoms with Crippen LogP contribution in [0.1, 0.15) is 15.9 Å². The SMILES string of the molecule is O=C(NCC[S@](=O)Cc1ccccc1)c1ccc2cc[nH]c2c1. The van der Waals surface area contributed by atoms with Gasteiger partial charge < -0.3 is 10.3 Å². The molecular formula is C18H18N2O2S. The Kier molecular flexibility index (Phi) is 4.88. The Balaban J connectivity index is 1.49. The number of aromatic nitrogens is 1. The van der Waals surface area contributed by atoms with Crippen molar-refractivity contribution in [1.29, 1.82) is 0 Å². The van der Waals surface area contributed by atoms with Crippen LogP contribution >= 0.6 is 0 Å². The molecule has 1 heterocycles. The number of hydrogen-bond acceptors (Lipinski definition) is 2. The number of benzene rings is 2. The zero-order valence-electron chi connectivity index (χ0n) is 12.6. The fourth-order valence-electron chi connectivity index (χ4n) is 2.40. The standard InChI is InChI=1S/C18H18N2O2S/c21-18(16-7-6-15-8-9-19-17(15)12-16)20-10-11-23(22)13-14-4-2-1-3-5-14/h1-9,12,19H,10-11,13H2,(H,20,21)/t23-/m0/s1. The molecule has 1 atom stereocenters. The predicted octanol–water partition coefficient (Wildman–Crippen LogP) is 2.85. The van der Waals surface area contributed by atoms with Crippen LogP contribution in [0.5, 0.6) is 0 Å². The number of hydrogen-bond donors (Lipinski definition) is 2. The van der Waals surface area contributed by atoms with Crippen molar-refractivity contribution in [3.63, 3.8) is 0 Å². The molecule has 0 bridgehead atoms. The first-order valence-corrected chi connectivity index (χ1v) is 8.95. The Morgan fingerprint density at radius 1 is 1.09 bits per heavy atom. The molecule has 0 spiro atoms. The topological polar surface area (TPSA) is 62.0 Å². The van der Waals surface area contributed by atoms with Crippen molar-refractivity contribution in [1.82, 2.24) is 10.3 Å². The lowest BCUT2D eigenvalue weighted by Gasteiger charge is -2.06. The summed E-state index contributed by atoms with van der Waals surface area (Å²) in [6, 6.07) is 17.2. The third-order valence-electron chi connectivity index (χ3n) is 3.60. The number of aromatic amines is 1. The maximum absolute atomic E-state index is 12.1. The molecule has 4 nitrogen and oxygen atoms in total. The van der Waals surface area contributed by atoms with Crippen molar-refractivity contribution in [2.75, 3.05) is 12.3 Å². The molecule has 0 aliphatic carbocycles. The van der Waals surface area contributed by atoms with Crippen LogP contribution in [0.3, 0.4) is 0 Å². The van der Waals surface area contributed by atoms with Crippen LogP contribution in [0, 0.1) is 0 Å². The summed E-state index contributed by atoms with van der Waals surface area (Å²) in [4.78, 5) is 15.2. The van der Waals surface area contributed by atoms with Gasteiger partial charge in [0.25, 0.3) is 5.91 Å². The van der Waals surface area contributed by atoms with E-state index >= 15 is 0 Å². The highest BCUT2D eigenvalue weighted by Gasteiger charge is 2.07. The lowest BCUT2D eigenvalue weighted by Crippen LogP contribution is -2.27. The maximum atomic E-state index is 12.1. The van der Waals surface area contributed by atoms with Crippen LogP contribution in [0.4, 0.5) is 0 Å². The smallest absolute Gasteiger partial charge is 0.251 e. The van der Waals surface area contributed by atoms with Crippen LogP contribution in [0.25, 0.3) is 10.9 Å². The molecule has 2 aromatic carbocycles. The van der Waals surface area contributed by atoms with Gasteiger partial charge in [-0.25, -0.2) is 0 Å². The van der Waals surface area contributed by atoms with Crippen LogP contribution in [-0.4, -0.2) is 27.4 Å². The third kappa shape index (κ3) is 4.07. The monoisotopic (exact) mass is 326 g/mol. The van der Waals surface area contributed by atoms with E-state index in [1.165, 1.54) is 0 Å². The maximum Gasteiger partial charge on any atom is 0.251 e. The second kappa shape index (κ2) is 7.24. The van der Waals surface area contributed by atoms with Crippen LogP contribution < -0.4 is 5.32 Å². The van der Waals surface area contributed by atoms with Crippen molar-refractivity contribution in [3.05, 3.63) is 71.9 Å². The van der Waals surface area contributed by atoms with Crippen molar-refractivity contribution in [3.8, 4) is 0 Å². The van der Waals surface area contributed by atoms with E-state index in [2.05, 4.69) is 10.3 Å². The van der Waals surface area contributed by atoms with Gasteiger partial charge in [0.05, 0.1) is 0 Å². The molecule has 0 saturated carbocycles. The molecular weight excluding hydrogens is 308 g/mol. The van der Waals surface area contributed by atoms with Gasteiger partial charge in [-0.05, 0) is 29.1 Å². The lowest BCUT2D eigenvalue weighted by atomic mass is 10.1. The van der Waals surface area contributed by atoms with Crippen molar-refractivity contribution < 1.29 is 9.00 Å². The van der Waals surface area contributed by atoms with Gasteiger partial charge in [-0.15, -0.1) is 0 Å². The average molecular weight is 326 g/mol. The van der Waals surface area contributed by atoms with E-state index in [-0.39, 0.29) is 5.91 Å². The van der Waals surface area contributed by atoms with E-state index in [1.54, 1.807) is 6.07 Å². The van der Waals surface area contributed by atoms with Gasteiger partial charge in [0.1, 0.15) is 0 Å². The largest absolute Gasteiger partial charge is 0.361 e. The molecule has 23 heavy (non-hydrogen) atoms. The summed E-state index contributed by atoms with van der Waals surface area (Å²) in [5.74, 6) is 0.828. The molecule has 1 amide bonds.